The molecule has 3 heterocycles. The first-order valence-corrected chi connectivity index (χ1v) is 13.6. The van der Waals surface area contributed by atoms with E-state index in [0.29, 0.717) is 17.2 Å². The first kappa shape index (κ1) is 27.1. The summed E-state index contributed by atoms with van der Waals surface area (Å²) in [7, 11) is 1.37. The molecule has 9 heteroatoms. The van der Waals surface area contributed by atoms with E-state index in [9.17, 15) is 9.59 Å². The Morgan fingerprint density at radius 3 is 2.65 bits per heavy atom. The third-order valence-electron chi connectivity index (χ3n) is 7.08. The molecule has 0 spiro atoms. The molecule has 1 aliphatic rings. The van der Waals surface area contributed by atoms with Gasteiger partial charge in [-0.3, -0.25) is 9.78 Å². The molecule has 5 rings (SSSR count). The number of rotatable bonds is 9. The van der Waals surface area contributed by atoms with Crippen LogP contribution in [0, 0.1) is 0 Å². The standard InChI is InChI=1S/C31H31N5O3S/c1-3-21-10-4-5-13-24(21)33-27(37)16-19-36-29(28(34-31(36)40)25-14-6-7-17-32-25)26-15-9-18-35(26)23-12-8-11-22(20-23)30(38)39-2/h4-15,17-18,20,28-29H,3,16,19H2,1-2H3,(H,33,37)(H,34,40)/t28-,29-/m1/s1. The molecule has 1 aliphatic heterocycles. The lowest BCUT2D eigenvalue weighted by molar-refractivity contribution is -0.116. The molecule has 4 aromatic rings. The Hall–Kier alpha value is -4.50. The lowest BCUT2D eigenvalue weighted by Crippen LogP contribution is -2.33. The van der Waals surface area contributed by atoms with Crippen LogP contribution in [0.15, 0.2) is 91.3 Å². The number of benzene rings is 2. The van der Waals surface area contributed by atoms with Crippen molar-refractivity contribution < 1.29 is 14.3 Å². The molecular formula is C31H31N5O3S. The van der Waals surface area contributed by atoms with Crippen LogP contribution >= 0.6 is 12.2 Å². The van der Waals surface area contributed by atoms with E-state index < -0.39 is 5.97 Å². The fourth-order valence-electron chi connectivity index (χ4n) is 5.12. The van der Waals surface area contributed by atoms with Gasteiger partial charge in [-0.1, -0.05) is 37.3 Å². The van der Waals surface area contributed by atoms with Gasteiger partial charge in [-0.25, -0.2) is 4.79 Å². The number of aromatic nitrogens is 2. The molecular weight excluding hydrogens is 522 g/mol. The third-order valence-corrected chi connectivity index (χ3v) is 7.43. The van der Waals surface area contributed by atoms with E-state index in [1.165, 1.54) is 7.11 Å². The average molecular weight is 554 g/mol. The zero-order valence-electron chi connectivity index (χ0n) is 22.4. The highest BCUT2D eigenvalue weighted by atomic mass is 32.1. The molecule has 1 amide bonds. The van der Waals surface area contributed by atoms with Gasteiger partial charge >= 0.3 is 5.97 Å². The second-order valence-electron chi connectivity index (χ2n) is 9.47. The summed E-state index contributed by atoms with van der Waals surface area (Å²) in [5.41, 5.74) is 4.99. The number of hydrogen-bond acceptors (Lipinski definition) is 5. The van der Waals surface area contributed by atoms with Gasteiger partial charge in [-0.15, -0.1) is 0 Å². The van der Waals surface area contributed by atoms with E-state index in [1.807, 2.05) is 77.5 Å². The largest absolute Gasteiger partial charge is 0.465 e. The molecule has 2 aromatic heterocycles. The van der Waals surface area contributed by atoms with E-state index in [0.717, 1.165) is 34.7 Å². The van der Waals surface area contributed by atoms with Gasteiger partial charge in [-0.2, -0.15) is 0 Å². The topological polar surface area (TPSA) is 88.5 Å². The number of amides is 1. The van der Waals surface area contributed by atoms with Crippen LogP contribution in [-0.4, -0.2) is 45.1 Å². The summed E-state index contributed by atoms with van der Waals surface area (Å²) in [6, 6.07) is 24.4. The normalized spacial score (nSPS) is 16.4. The van der Waals surface area contributed by atoms with Crippen molar-refractivity contribution in [3.05, 3.63) is 114 Å². The van der Waals surface area contributed by atoms with E-state index in [-0.39, 0.29) is 24.4 Å². The van der Waals surface area contributed by atoms with Crippen LogP contribution in [0.5, 0.6) is 0 Å². The zero-order valence-corrected chi connectivity index (χ0v) is 23.2. The van der Waals surface area contributed by atoms with E-state index in [1.54, 1.807) is 18.3 Å². The molecule has 204 valence electrons. The number of carbonyl (C=O) groups excluding carboxylic acids is 2. The predicted molar refractivity (Wildman–Crippen MR) is 158 cm³/mol. The number of esters is 1. The Morgan fingerprint density at radius 2 is 1.88 bits per heavy atom. The summed E-state index contributed by atoms with van der Waals surface area (Å²) in [4.78, 5) is 31.9. The minimum Gasteiger partial charge on any atom is -0.465 e. The summed E-state index contributed by atoms with van der Waals surface area (Å²) in [6.07, 6.45) is 4.80. The molecule has 0 unspecified atom stereocenters. The summed E-state index contributed by atoms with van der Waals surface area (Å²) >= 11 is 5.81. The molecule has 0 saturated carbocycles. The molecule has 2 N–H and O–H groups in total. The van der Waals surface area contributed by atoms with E-state index in [2.05, 4.69) is 27.4 Å². The number of nitrogens with one attached hydrogen (secondary N) is 2. The number of anilines is 1. The summed E-state index contributed by atoms with van der Waals surface area (Å²) in [5.74, 6) is -0.479. The van der Waals surface area contributed by atoms with Crippen molar-refractivity contribution in [1.82, 2.24) is 19.8 Å². The van der Waals surface area contributed by atoms with Crippen LogP contribution in [0.25, 0.3) is 5.69 Å². The average Bonchev–Trinajstić information content (AvgIpc) is 3.60. The number of aryl methyl sites for hydroxylation is 1. The Labute approximate surface area is 239 Å². The summed E-state index contributed by atoms with van der Waals surface area (Å²) in [6.45, 7) is 2.48. The van der Waals surface area contributed by atoms with Crippen LogP contribution < -0.4 is 10.6 Å². The third kappa shape index (κ3) is 5.60. The number of ether oxygens (including phenoxy) is 1. The monoisotopic (exact) mass is 553 g/mol. The van der Waals surface area contributed by atoms with Crippen LogP contribution in [0.3, 0.4) is 0 Å². The highest BCUT2D eigenvalue weighted by molar-refractivity contribution is 7.80. The molecule has 2 atom stereocenters. The van der Waals surface area contributed by atoms with Gasteiger partial charge in [0.1, 0.15) is 0 Å². The molecule has 1 saturated heterocycles. The molecule has 40 heavy (non-hydrogen) atoms. The SMILES string of the molecule is CCc1ccccc1NC(=O)CCN1C(=S)N[C@H](c2ccccn2)[C@H]1c1cccn1-c1cccc(C(=O)OC)c1. The number of hydrogen-bond donors (Lipinski definition) is 2. The fourth-order valence-corrected chi connectivity index (χ4v) is 5.46. The van der Waals surface area contributed by atoms with E-state index >= 15 is 0 Å². The van der Waals surface area contributed by atoms with Crippen LogP contribution in [0.4, 0.5) is 5.69 Å². The lowest BCUT2D eigenvalue weighted by Gasteiger charge is -2.29. The van der Waals surface area contributed by atoms with Crippen LogP contribution in [-0.2, 0) is 16.0 Å². The van der Waals surface area contributed by atoms with Crippen molar-refractivity contribution in [2.75, 3.05) is 19.0 Å². The van der Waals surface area contributed by atoms with Crippen molar-refractivity contribution in [2.24, 2.45) is 0 Å². The fraction of sp³-hybridized carbons (Fsp3) is 0.226. The maximum absolute atomic E-state index is 13.0. The van der Waals surface area contributed by atoms with Gasteiger partial charge in [0.25, 0.3) is 0 Å². The summed E-state index contributed by atoms with van der Waals surface area (Å²) < 4.78 is 6.96. The van der Waals surface area contributed by atoms with Gasteiger partial charge in [-0.05, 0) is 72.7 Å². The van der Waals surface area contributed by atoms with Crippen molar-refractivity contribution >= 4 is 34.9 Å². The van der Waals surface area contributed by atoms with Gasteiger partial charge in [0.2, 0.25) is 5.91 Å². The smallest absolute Gasteiger partial charge is 0.337 e. The summed E-state index contributed by atoms with van der Waals surface area (Å²) in [5, 5.41) is 7.06. The van der Waals surface area contributed by atoms with Crippen molar-refractivity contribution in [1.29, 1.82) is 0 Å². The molecule has 2 aromatic carbocycles. The van der Waals surface area contributed by atoms with Crippen molar-refractivity contribution in [2.45, 2.75) is 31.8 Å². The second-order valence-corrected chi connectivity index (χ2v) is 9.86. The first-order valence-electron chi connectivity index (χ1n) is 13.2. The number of para-hydroxylation sites is 1. The van der Waals surface area contributed by atoms with Gasteiger partial charge in [0, 0.05) is 42.4 Å². The van der Waals surface area contributed by atoms with Gasteiger partial charge in [0.05, 0.1) is 30.5 Å². The second kappa shape index (κ2) is 12.1. The number of nitrogens with zero attached hydrogens (tertiary/aromatic N) is 3. The van der Waals surface area contributed by atoms with Gasteiger partial charge < -0.3 is 24.8 Å². The van der Waals surface area contributed by atoms with Gasteiger partial charge in [0.15, 0.2) is 5.11 Å². The minimum atomic E-state index is -0.400. The maximum Gasteiger partial charge on any atom is 0.337 e. The Morgan fingerprint density at radius 1 is 1.05 bits per heavy atom. The minimum absolute atomic E-state index is 0.0788. The maximum atomic E-state index is 13.0. The van der Waals surface area contributed by atoms with Crippen LogP contribution in [0.2, 0.25) is 0 Å². The first-order chi connectivity index (χ1) is 19.5. The lowest BCUT2D eigenvalue weighted by atomic mass is 10.0. The molecule has 0 aliphatic carbocycles. The van der Waals surface area contributed by atoms with Crippen molar-refractivity contribution in [3.8, 4) is 5.69 Å². The van der Waals surface area contributed by atoms with E-state index in [4.69, 9.17) is 17.0 Å². The molecule has 8 nitrogen and oxygen atoms in total. The quantitative estimate of drug-likeness (QED) is 0.217. The number of thiocarbonyl (C=S) groups is 1. The number of carbonyl (C=O) groups is 2. The predicted octanol–water partition coefficient (Wildman–Crippen LogP) is 5.22. The Bertz CT molecular complexity index is 1520. The Balaban J connectivity index is 1.46. The highest BCUT2D eigenvalue weighted by Crippen LogP contribution is 2.39. The zero-order chi connectivity index (χ0) is 28.1. The Kier molecular flexibility index (Phi) is 8.21. The van der Waals surface area contributed by atoms with Crippen molar-refractivity contribution in [3.63, 3.8) is 0 Å². The molecule has 0 bridgehead atoms. The van der Waals surface area contributed by atoms with Crippen LogP contribution in [0.1, 0.15) is 52.7 Å². The highest BCUT2D eigenvalue weighted by Gasteiger charge is 2.41. The number of methoxy groups -OCH3 is 1. The molecule has 1 fully saturated rings. The number of pyridine rings is 1. The molecule has 0 radical (unpaired) electrons.